The van der Waals surface area contributed by atoms with E-state index in [1.54, 1.807) is 13.8 Å². The molecule has 0 fully saturated rings. The Morgan fingerprint density at radius 2 is 1.19 bits per heavy atom. The average molecular weight is 698 g/mol. The number of anilines is 4. The normalized spacial score (nSPS) is 12.4. The maximum atomic E-state index is 12.7. The standard InChI is InChI=1S/C25H38Cl2N16O4/c1-10(2)12(37-11(44)6-5-9-36-25(33)43-23(47)14-18(29)41-20(31)16(27)39-14)21(45)34-7-3-4-8-35-24(32)42-22(46)13-17(28)40-19(30)15(26)38-13/h10,12H,3-9H2,1-2H3,(H,34,45)(H,37,44)(H4,28,30,40)(H4,29,31,41)(H3,32,35,42,46)(H3,33,36,43,47)/t12-/m0/s1. The molecule has 0 radical (unpaired) electrons. The number of rotatable bonds is 14. The molecule has 0 unspecified atom stereocenters. The van der Waals surface area contributed by atoms with E-state index >= 15 is 0 Å². The van der Waals surface area contributed by atoms with E-state index in [0.717, 1.165) is 0 Å². The molecule has 2 rings (SSSR count). The molecule has 0 bridgehead atoms. The minimum Gasteiger partial charge on any atom is -0.382 e. The van der Waals surface area contributed by atoms with Crippen molar-refractivity contribution in [3.05, 3.63) is 21.7 Å². The molecule has 0 spiro atoms. The van der Waals surface area contributed by atoms with Crippen LogP contribution in [0.15, 0.2) is 9.98 Å². The lowest BCUT2D eigenvalue weighted by molar-refractivity contribution is -0.130. The Labute approximate surface area is 279 Å². The number of aromatic nitrogens is 4. The number of carbonyl (C=O) groups is 4. The first kappa shape index (κ1) is 37.9. The second-order valence-electron chi connectivity index (χ2n) is 10.1. The molecule has 2 heterocycles. The fourth-order valence-electron chi connectivity index (χ4n) is 3.62. The van der Waals surface area contributed by atoms with Crippen LogP contribution in [0.1, 0.15) is 60.5 Å². The topological polar surface area (TPSA) is 349 Å². The average Bonchev–Trinajstić information content (AvgIpc) is 2.99. The van der Waals surface area contributed by atoms with Crippen molar-refractivity contribution in [2.45, 2.75) is 45.6 Å². The quantitative estimate of drug-likeness (QED) is 0.0611. The van der Waals surface area contributed by atoms with Crippen LogP contribution in [-0.4, -0.2) is 81.2 Å². The molecule has 4 amide bonds. The molecule has 47 heavy (non-hydrogen) atoms. The maximum Gasteiger partial charge on any atom is 0.280 e. The van der Waals surface area contributed by atoms with Gasteiger partial charge in [0.05, 0.1) is 0 Å². The summed E-state index contributed by atoms with van der Waals surface area (Å²) in [6.45, 7) is 4.27. The summed E-state index contributed by atoms with van der Waals surface area (Å²) in [7, 11) is 0. The van der Waals surface area contributed by atoms with E-state index in [4.69, 9.17) is 57.6 Å². The zero-order valence-corrected chi connectivity index (χ0v) is 27.2. The largest absolute Gasteiger partial charge is 0.382 e. The summed E-state index contributed by atoms with van der Waals surface area (Å²) in [4.78, 5) is 72.8. The first-order valence-corrected chi connectivity index (χ1v) is 14.8. The summed E-state index contributed by atoms with van der Waals surface area (Å²) in [5.74, 6) is -3.54. The lowest BCUT2D eigenvalue weighted by atomic mass is 10.0. The molecule has 2 aromatic rings. The molecule has 22 heteroatoms. The summed E-state index contributed by atoms with van der Waals surface area (Å²) in [6.07, 6.45) is 1.41. The Hall–Kier alpha value is -5.24. The molecule has 256 valence electrons. The van der Waals surface area contributed by atoms with Gasteiger partial charge in [0.1, 0.15) is 6.04 Å². The number of nitrogen functional groups attached to an aromatic ring is 4. The molecule has 0 saturated carbocycles. The van der Waals surface area contributed by atoms with Crippen LogP contribution < -0.4 is 55.7 Å². The highest BCUT2D eigenvalue weighted by Crippen LogP contribution is 2.18. The Morgan fingerprint density at radius 3 is 1.66 bits per heavy atom. The van der Waals surface area contributed by atoms with E-state index in [2.05, 4.69) is 51.2 Å². The van der Waals surface area contributed by atoms with Crippen LogP contribution in [0.3, 0.4) is 0 Å². The van der Waals surface area contributed by atoms with Gasteiger partial charge in [-0.15, -0.1) is 0 Å². The highest BCUT2D eigenvalue weighted by atomic mass is 35.5. The van der Waals surface area contributed by atoms with Crippen molar-refractivity contribution in [3.63, 3.8) is 0 Å². The van der Waals surface area contributed by atoms with E-state index in [0.29, 0.717) is 19.4 Å². The van der Waals surface area contributed by atoms with Crippen molar-refractivity contribution < 1.29 is 19.2 Å². The van der Waals surface area contributed by atoms with Gasteiger partial charge in [0.15, 0.2) is 56.9 Å². The third-order valence-corrected chi connectivity index (χ3v) is 6.56. The van der Waals surface area contributed by atoms with Crippen molar-refractivity contribution in [3.8, 4) is 0 Å². The predicted molar refractivity (Wildman–Crippen MR) is 178 cm³/mol. The van der Waals surface area contributed by atoms with Gasteiger partial charge < -0.3 is 45.0 Å². The number of unbranched alkanes of at least 4 members (excludes halogenated alkanes) is 1. The number of nitrogens with zero attached hydrogens (tertiary/aromatic N) is 6. The maximum absolute atomic E-state index is 12.7. The van der Waals surface area contributed by atoms with Crippen LogP contribution in [-0.2, 0) is 9.59 Å². The summed E-state index contributed by atoms with van der Waals surface area (Å²) < 4.78 is 0. The monoisotopic (exact) mass is 696 g/mol. The van der Waals surface area contributed by atoms with Crippen molar-refractivity contribution in [1.82, 2.24) is 41.2 Å². The number of aliphatic imine (C=N–C) groups is 2. The molecule has 0 aliphatic heterocycles. The lowest BCUT2D eigenvalue weighted by Crippen LogP contribution is -2.49. The molecule has 2 aromatic heterocycles. The molecule has 0 saturated heterocycles. The number of hydrogen-bond acceptors (Lipinski definition) is 14. The summed E-state index contributed by atoms with van der Waals surface area (Å²) >= 11 is 11.6. The van der Waals surface area contributed by atoms with Crippen LogP contribution in [0.2, 0.25) is 10.3 Å². The number of carbonyl (C=O) groups excluding carboxylic acids is 4. The van der Waals surface area contributed by atoms with Crippen molar-refractivity contribution in [2.24, 2.45) is 27.4 Å². The predicted octanol–water partition coefficient (Wildman–Crippen LogP) is -1.49. The van der Waals surface area contributed by atoms with Gasteiger partial charge in [-0.2, -0.15) is 0 Å². The van der Waals surface area contributed by atoms with Crippen LogP contribution in [0.25, 0.3) is 0 Å². The van der Waals surface area contributed by atoms with Crippen molar-refractivity contribution >= 4 is 82.0 Å². The molecule has 0 aromatic carbocycles. The van der Waals surface area contributed by atoms with Crippen molar-refractivity contribution in [1.29, 1.82) is 0 Å². The van der Waals surface area contributed by atoms with Crippen LogP contribution in [0, 0.1) is 5.92 Å². The Kier molecular flexibility index (Phi) is 14.6. The Balaban J connectivity index is 1.71. The Bertz CT molecular complexity index is 1530. The third kappa shape index (κ3) is 12.2. The molecule has 0 aliphatic rings. The minimum absolute atomic E-state index is 0.0493. The lowest BCUT2D eigenvalue weighted by Gasteiger charge is -2.21. The third-order valence-electron chi connectivity index (χ3n) is 6.00. The van der Waals surface area contributed by atoms with Gasteiger partial charge in [0.25, 0.3) is 11.8 Å². The second kappa shape index (κ2) is 18.0. The van der Waals surface area contributed by atoms with Crippen LogP contribution in [0.4, 0.5) is 23.3 Å². The zero-order valence-electron chi connectivity index (χ0n) is 25.6. The van der Waals surface area contributed by atoms with E-state index in [-0.39, 0.29) is 101 Å². The van der Waals surface area contributed by atoms with E-state index in [1.165, 1.54) is 0 Å². The fraction of sp³-hybridized carbons (Fsp3) is 0.440. The van der Waals surface area contributed by atoms with Gasteiger partial charge in [0.2, 0.25) is 11.8 Å². The molecule has 16 N–H and O–H groups in total. The Morgan fingerprint density at radius 1 is 0.723 bits per heavy atom. The first-order chi connectivity index (χ1) is 22.1. The van der Waals surface area contributed by atoms with E-state index < -0.39 is 17.9 Å². The first-order valence-electron chi connectivity index (χ1n) is 14.1. The molecular weight excluding hydrogens is 659 g/mol. The van der Waals surface area contributed by atoms with Gasteiger partial charge in [-0.3, -0.25) is 39.8 Å². The number of hydrogen-bond donors (Lipinski definition) is 10. The zero-order chi connectivity index (χ0) is 35.3. The summed E-state index contributed by atoms with van der Waals surface area (Å²) in [5, 5.41) is 9.76. The van der Waals surface area contributed by atoms with Gasteiger partial charge in [-0.25, -0.2) is 19.9 Å². The molecule has 0 aliphatic carbocycles. The molecule has 20 nitrogen and oxygen atoms in total. The number of halogens is 2. The molecule has 1 atom stereocenters. The fourth-order valence-corrected chi connectivity index (χ4v) is 3.88. The van der Waals surface area contributed by atoms with Crippen LogP contribution >= 0.6 is 23.2 Å². The molecular formula is C25H38Cl2N16O4. The summed E-state index contributed by atoms with van der Waals surface area (Å²) in [6, 6.07) is -0.769. The SMILES string of the molecule is CC(C)[C@H](NC(=O)CCCN=C(N)NC(=O)c1nc(Cl)c(N)nc1N)C(=O)NCCCCN=C(N)NC(=O)c1nc(Cl)c(N)nc1N. The highest BCUT2D eigenvalue weighted by Gasteiger charge is 2.24. The summed E-state index contributed by atoms with van der Waals surface area (Å²) in [5.41, 5.74) is 33.2. The number of guanidine groups is 2. The number of nitrogens with two attached hydrogens (primary N) is 6. The minimum atomic E-state index is -0.787. The van der Waals surface area contributed by atoms with Crippen LogP contribution in [0.5, 0.6) is 0 Å². The smallest absolute Gasteiger partial charge is 0.280 e. The van der Waals surface area contributed by atoms with E-state index in [1.807, 2.05) is 0 Å². The highest BCUT2D eigenvalue weighted by molar-refractivity contribution is 6.32. The van der Waals surface area contributed by atoms with Gasteiger partial charge >= 0.3 is 0 Å². The van der Waals surface area contributed by atoms with Crippen molar-refractivity contribution in [2.75, 3.05) is 42.6 Å². The number of nitrogens with one attached hydrogen (secondary N) is 4. The number of amides is 4. The van der Waals surface area contributed by atoms with E-state index in [9.17, 15) is 19.2 Å². The van der Waals surface area contributed by atoms with Gasteiger partial charge in [0, 0.05) is 26.1 Å². The van der Waals surface area contributed by atoms with Gasteiger partial charge in [-0.1, -0.05) is 37.0 Å². The second-order valence-corrected chi connectivity index (χ2v) is 10.8. The van der Waals surface area contributed by atoms with Gasteiger partial charge in [-0.05, 0) is 25.2 Å².